The van der Waals surface area contributed by atoms with Gasteiger partial charge < -0.3 is 9.30 Å². The molecule has 30 heavy (non-hydrogen) atoms. The predicted molar refractivity (Wildman–Crippen MR) is 128 cm³/mol. The van der Waals surface area contributed by atoms with Crippen LogP contribution in [0.15, 0.2) is 90.2 Å². The first-order valence-electron chi connectivity index (χ1n) is 9.51. The minimum absolute atomic E-state index is 0.0896. The summed E-state index contributed by atoms with van der Waals surface area (Å²) in [5.74, 6) is 0.344. The van der Waals surface area contributed by atoms with Crippen molar-refractivity contribution in [2.24, 2.45) is 5.10 Å². The minimum Gasteiger partial charge on any atom is -0.484 e. The molecule has 0 bridgehead atoms. The lowest BCUT2D eigenvalue weighted by atomic mass is 10.2. The maximum Gasteiger partial charge on any atom is 0.277 e. The van der Waals surface area contributed by atoms with Gasteiger partial charge in [-0.05, 0) is 58.5 Å². The first-order chi connectivity index (χ1) is 14.7. The van der Waals surface area contributed by atoms with Crippen molar-refractivity contribution in [2.45, 2.75) is 6.54 Å². The molecular weight excluding hydrogens is 489 g/mol. The van der Waals surface area contributed by atoms with Gasteiger partial charge >= 0.3 is 0 Å². The van der Waals surface area contributed by atoms with Crippen molar-refractivity contribution in [1.29, 1.82) is 0 Å². The molecule has 5 nitrogen and oxygen atoms in total. The zero-order chi connectivity index (χ0) is 20.8. The van der Waals surface area contributed by atoms with E-state index in [4.69, 9.17) is 4.74 Å². The van der Waals surface area contributed by atoms with Crippen LogP contribution in [0, 0.1) is 3.57 Å². The Morgan fingerprint density at radius 2 is 1.73 bits per heavy atom. The summed E-state index contributed by atoms with van der Waals surface area (Å²) in [6.45, 7) is 0.680. The number of nitrogens with zero attached hydrogens (tertiary/aromatic N) is 2. The van der Waals surface area contributed by atoms with Crippen molar-refractivity contribution in [3.8, 4) is 5.75 Å². The van der Waals surface area contributed by atoms with Crippen molar-refractivity contribution in [3.05, 3.63) is 99.8 Å². The van der Waals surface area contributed by atoms with Crippen LogP contribution in [0.4, 0.5) is 0 Å². The molecule has 0 aliphatic rings. The molecular formula is C24H20IN3O2. The van der Waals surface area contributed by atoms with Gasteiger partial charge in [0.05, 0.1) is 6.21 Å². The topological polar surface area (TPSA) is 55.6 Å². The van der Waals surface area contributed by atoms with Crippen LogP contribution >= 0.6 is 22.6 Å². The van der Waals surface area contributed by atoms with Gasteiger partial charge in [0.2, 0.25) is 0 Å². The molecule has 1 amide bonds. The molecule has 0 radical (unpaired) electrons. The zero-order valence-electron chi connectivity index (χ0n) is 16.2. The Morgan fingerprint density at radius 1 is 1.00 bits per heavy atom. The molecule has 0 unspecified atom stereocenters. The molecule has 0 fully saturated rings. The molecule has 0 saturated heterocycles. The standard InChI is InChI=1S/C24H20IN3O2/c25-20-10-12-21(13-11-20)30-17-24(29)27-26-14-19-16-28(15-18-6-2-1-3-7-18)23-9-5-4-8-22(19)23/h1-14,16H,15,17H2,(H,27,29)/b26-14+. The second-order valence-corrected chi connectivity index (χ2v) is 8.00. The molecule has 4 rings (SSSR count). The number of fused-ring (bicyclic) bond motifs is 1. The molecule has 3 aromatic carbocycles. The molecule has 1 heterocycles. The number of ether oxygens (including phenoxy) is 1. The SMILES string of the molecule is O=C(COc1ccc(I)cc1)N/N=C/c1cn(Cc2ccccc2)c2ccccc12. The van der Waals surface area contributed by atoms with E-state index in [0.29, 0.717) is 5.75 Å². The van der Waals surface area contributed by atoms with Crippen molar-refractivity contribution in [1.82, 2.24) is 9.99 Å². The van der Waals surface area contributed by atoms with E-state index in [0.717, 1.165) is 26.6 Å². The fourth-order valence-corrected chi connectivity index (χ4v) is 3.53. The highest BCUT2D eigenvalue weighted by molar-refractivity contribution is 14.1. The van der Waals surface area contributed by atoms with Gasteiger partial charge in [0.15, 0.2) is 6.61 Å². The van der Waals surface area contributed by atoms with Crippen molar-refractivity contribution < 1.29 is 9.53 Å². The maximum absolute atomic E-state index is 12.0. The quantitative estimate of drug-likeness (QED) is 0.221. The third kappa shape index (κ3) is 5.07. The molecule has 4 aromatic rings. The second-order valence-electron chi connectivity index (χ2n) is 6.75. The molecule has 0 atom stereocenters. The number of benzene rings is 3. The maximum atomic E-state index is 12.0. The fourth-order valence-electron chi connectivity index (χ4n) is 3.17. The summed E-state index contributed by atoms with van der Waals surface area (Å²) in [6.07, 6.45) is 3.72. The predicted octanol–water partition coefficient (Wildman–Crippen LogP) is 4.82. The number of para-hydroxylation sites is 1. The molecule has 0 aliphatic heterocycles. The van der Waals surface area contributed by atoms with E-state index in [-0.39, 0.29) is 12.5 Å². The van der Waals surface area contributed by atoms with Crippen LogP contribution < -0.4 is 10.2 Å². The van der Waals surface area contributed by atoms with Crippen LogP contribution in [-0.2, 0) is 11.3 Å². The molecule has 6 heteroatoms. The molecule has 150 valence electrons. The number of carbonyl (C=O) groups is 1. The van der Waals surface area contributed by atoms with Gasteiger partial charge in [-0.15, -0.1) is 0 Å². The summed E-state index contributed by atoms with van der Waals surface area (Å²) in [5, 5.41) is 5.20. The van der Waals surface area contributed by atoms with E-state index < -0.39 is 0 Å². The summed E-state index contributed by atoms with van der Waals surface area (Å²) in [7, 11) is 0. The van der Waals surface area contributed by atoms with E-state index in [1.807, 2.05) is 54.6 Å². The van der Waals surface area contributed by atoms with Gasteiger partial charge in [0.25, 0.3) is 5.91 Å². The Morgan fingerprint density at radius 3 is 2.53 bits per heavy atom. The molecule has 1 N–H and O–H groups in total. The number of aromatic nitrogens is 1. The van der Waals surface area contributed by atoms with Gasteiger partial charge in [-0.25, -0.2) is 5.43 Å². The molecule has 1 aromatic heterocycles. The van der Waals surface area contributed by atoms with Crippen molar-refractivity contribution in [2.75, 3.05) is 6.61 Å². The highest BCUT2D eigenvalue weighted by Gasteiger charge is 2.07. The number of hydrogen-bond acceptors (Lipinski definition) is 3. The van der Waals surface area contributed by atoms with Gasteiger partial charge in [0.1, 0.15) is 5.75 Å². The summed E-state index contributed by atoms with van der Waals surface area (Å²) in [6, 6.07) is 26.0. The van der Waals surface area contributed by atoms with E-state index in [1.54, 1.807) is 6.21 Å². The average molecular weight is 509 g/mol. The number of hydrazone groups is 1. The monoisotopic (exact) mass is 509 g/mol. The summed E-state index contributed by atoms with van der Waals surface area (Å²) >= 11 is 2.22. The van der Waals surface area contributed by atoms with Gasteiger partial charge in [-0.3, -0.25) is 4.79 Å². The summed E-state index contributed by atoms with van der Waals surface area (Å²) < 4.78 is 8.77. The number of rotatable bonds is 7. The average Bonchev–Trinajstić information content (AvgIpc) is 3.12. The first kappa shape index (κ1) is 20.2. The Kier molecular flexibility index (Phi) is 6.44. The Bertz CT molecular complexity index is 1170. The van der Waals surface area contributed by atoms with Gasteiger partial charge in [-0.2, -0.15) is 5.10 Å². The minimum atomic E-state index is -0.308. The van der Waals surface area contributed by atoms with E-state index in [1.165, 1.54) is 5.56 Å². The van der Waals surface area contributed by atoms with Crippen LogP contribution in [0.1, 0.15) is 11.1 Å². The number of amides is 1. The van der Waals surface area contributed by atoms with Crippen LogP contribution in [-0.4, -0.2) is 23.3 Å². The van der Waals surface area contributed by atoms with Crippen LogP contribution in [0.25, 0.3) is 10.9 Å². The highest BCUT2D eigenvalue weighted by Crippen LogP contribution is 2.21. The Labute approximate surface area is 188 Å². The smallest absolute Gasteiger partial charge is 0.277 e. The van der Waals surface area contributed by atoms with Gasteiger partial charge in [0, 0.05) is 32.8 Å². The number of halogens is 1. The van der Waals surface area contributed by atoms with Crippen LogP contribution in [0.3, 0.4) is 0 Å². The van der Waals surface area contributed by atoms with Gasteiger partial charge in [-0.1, -0.05) is 48.5 Å². The lowest BCUT2D eigenvalue weighted by Gasteiger charge is -2.05. The third-order valence-electron chi connectivity index (χ3n) is 4.59. The highest BCUT2D eigenvalue weighted by atomic mass is 127. The Balaban J connectivity index is 1.42. The Hall–Kier alpha value is -3.13. The van der Waals surface area contributed by atoms with Crippen molar-refractivity contribution >= 4 is 45.6 Å². The van der Waals surface area contributed by atoms with E-state index in [2.05, 4.69) is 68.1 Å². The largest absolute Gasteiger partial charge is 0.484 e. The zero-order valence-corrected chi connectivity index (χ0v) is 18.3. The fraction of sp³-hybridized carbons (Fsp3) is 0.0833. The number of hydrogen-bond donors (Lipinski definition) is 1. The third-order valence-corrected chi connectivity index (χ3v) is 5.31. The molecule has 0 spiro atoms. The van der Waals surface area contributed by atoms with Crippen LogP contribution in [0.2, 0.25) is 0 Å². The summed E-state index contributed by atoms with van der Waals surface area (Å²) in [4.78, 5) is 12.0. The van der Waals surface area contributed by atoms with Crippen LogP contribution in [0.5, 0.6) is 5.75 Å². The lowest BCUT2D eigenvalue weighted by Crippen LogP contribution is -2.24. The number of nitrogens with one attached hydrogen (secondary N) is 1. The first-order valence-corrected chi connectivity index (χ1v) is 10.6. The van der Waals surface area contributed by atoms with E-state index in [9.17, 15) is 4.79 Å². The van der Waals surface area contributed by atoms with E-state index >= 15 is 0 Å². The summed E-state index contributed by atoms with van der Waals surface area (Å²) in [5.41, 5.74) is 5.82. The number of carbonyl (C=O) groups excluding carboxylic acids is 1. The molecule has 0 saturated carbocycles. The van der Waals surface area contributed by atoms with Crippen molar-refractivity contribution in [3.63, 3.8) is 0 Å². The normalized spacial score (nSPS) is 11.1. The molecule has 0 aliphatic carbocycles. The second kappa shape index (κ2) is 9.58. The lowest BCUT2D eigenvalue weighted by molar-refractivity contribution is -0.123.